The van der Waals surface area contributed by atoms with Gasteiger partial charge < -0.3 is 89.9 Å². The summed E-state index contributed by atoms with van der Waals surface area (Å²) in [5.41, 5.74) is 0. The zero-order valence-corrected chi connectivity index (χ0v) is 64.3. The molecule has 0 saturated carbocycles. The van der Waals surface area contributed by atoms with E-state index in [2.05, 4.69) is 177 Å². The maximum absolute atomic E-state index is 13.5. The SMILES string of the molecule is CC/C=C\C/C=C\C/C=C\C/C=C\C/C=C\C/C=C\C/C=C\C/C=C\C/C=C\C/C=C\C/C=C\C/C=C\CCCCCCC(=O)NC(COC1OC(CO)C(OC2OC(CO)C(OC3OC(CO)C(O)C(O)C3O)C(O)C2O)C(O)C1O)C(O)/C=C/CC/C=C/CCCCCCCCCCCCCCCC. The van der Waals surface area contributed by atoms with E-state index in [1.807, 2.05) is 6.08 Å². The Hall–Kier alpha value is -4.85. The van der Waals surface area contributed by atoms with Crippen molar-refractivity contribution in [2.75, 3.05) is 26.4 Å². The van der Waals surface area contributed by atoms with Crippen molar-refractivity contribution in [1.29, 1.82) is 0 Å². The van der Waals surface area contributed by atoms with Crippen molar-refractivity contribution in [3.05, 3.63) is 170 Å². The average molecular weight is 1490 g/mol. The summed E-state index contributed by atoms with van der Waals surface area (Å²) in [4.78, 5) is 13.5. The van der Waals surface area contributed by atoms with E-state index in [0.29, 0.717) is 12.8 Å². The van der Waals surface area contributed by atoms with Crippen molar-refractivity contribution in [3.8, 4) is 0 Å². The van der Waals surface area contributed by atoms with Crippen LogP contribution in [0.2, 0.25) is 0 Å². The molecule has 3 rings (SSSR count). The van der Waals surface area contributed by atoms with Gasteiger partial charge in [-0.2, -0.15) is 0 Å². The number of aliphatic hydroxyl groups is 11. The summed E-state index contributed by atoms with van der Waals surface area (Å²) in [5, 5.41) is 121. The van der Waals surface area contributed by atoms with Crippen molar-refractivity contribution >= 4 is 5.91 Å². The molecule has 0 spiro atoms. The Morgan fingerprint density at radius 1 is 0.349 bits per heavy atom. The highest BCUT2D eigenvalue weighted by atomic mass is 16.8. The summed E-state index contributed by atoms with van der Waals surface area (Å²) in [6.07, 6.45) is 70.5. The third kappa shape index (κ3) is 44.1. The molecule has 3 aliphatic rings. The molecule has 0 radical (unpaired) electrons. The molecule has 17 atom stereocenters. The second-order valence-electron chi connectivity index (χ2n) is 27.8. The Balaban J connectivity index is 1.38. The highest BCUT2D eigenvalue weighted by Gasteiger charge is 2.54. The number of carbonyl (C=O) groups is 1. The maximum atomic E-state index is 13.5. The standard InChI is InChI=1S/C87H141NO18/c1-3-5-7-9-11-13-15-17-19-21-23-25-26-27-28-29-30-31-32-33-34-35-36-37-38-39-40-41-42-43-44-45-47-49-51-53-55-57-59-61-63-65-75(93)88-70(71(92)64-62-60-58-56-54-52-50-48-46-24-22-20-18-16-14-12-10-8-6-4-2)69-101-85-81(99)78(96)83(73(67-90)103-85)106-87-82(100)79(97)84(74(68-91)104-87)105-86-80(98)77(95)76(94)72(66-89)102-86/h5,7,11,13,17,19,23,25,27-28,30-31,33-34,36-37,39-40,42-43,45,47,51,53-54,56,62,64,70-74,76-87,89-92,94-100H,3-4,6,8-10,12,14-16,18,20-22,24,26,29,32,35,38,41,44,46,48-50,52,55,57-61,63,65-69H2,1-2H3,(H,88,93)/b7-5-,13-11-,19-17-,25-23-,28-27-,31-30-,34-33-,37-36-,40-39-,43-42-,47-45-,53-51-,56-54+,64-62+. The number of allylic oxidation sites excluding steroid dienone is 27. The van der Waals surface area contributed by atoms with Crippen LogP contribution in [-0.4, -0.2) is 193 Å². The van der Waals surface area contributed by atoms with Gasteiger partial charge in [-0.1, -0.05) is 280 Å². The van der Waals surface area contributed by atoms with E-state index in [-0.39, 0.29) is 18.9 Å². The molecule has 12 N–H and O–H groups in total. The Morgan fingerprint density at radius 3 is 1.06 bits per heavy atom. The lowest BCUT2D eigenvalue weighted by Crippen LogP contribution is -2.66. The second kappa shape index (κ2) is 64.9. The molecule has 17 unspecified atom stereocenters. The van der Waals surface area contributed by atoms with Crippen molar-refractivity contribution in [3.63, 3.8) is 0 Å². The van der Waals surface area contributed by atoms with E-state index in [1.165, 1.54) is 83.5 Å². The summed E-state index contributed by atoms with van der Waals surface area (Å²) in [5.74, 6) is -0.316. The number of aliphatic hydroxyl groups excluding tert-OH is 11. The summed E-state index contributed by atoms with van der Waals surface area (Å²) in [6.45, 7) is 1.57. The lowest BCUT2D eigenvalue weighted by Gasteiger charge is -2.48. The van der Waals surface area contributed by atoms with Gasteiger partial charge in [-0.25, -0.2) is 0 Å². The predicted octanol–water partition coefficient (Wildman–Crippen LogP) is 13.8. The molecule has 106 heavy (non-hydrogen) atoms. The van der Waals surface area contributed by atoms with E-state index in [1.54, 1.807) is 6.08 Å². The summed E-state index contributed by atoms with van der Waals surface area (Å²) in [6, 6.07) is -1.02. The smallest absolute Gasteiger partial charge is 0.220 e. The van der Waals surface area contributed by atoms with E-state index >= 15 is 0 Å². The number of unbranched alkanes of at least 4 members (excludes halogenated alkanes) is 19. The number of hydrogen-bond donors (Lipinski definition) is 12. The fourth-order valence-electron chi connectivity index (χ4n) is 12.3. The van der Waals surface area contributed by atoms with Crippen molar-refractivity contribution < 1.29 is 89.4 Å². The molecule has 0 bridgehead atoms. The number of ether oxygens (including phenoxy) is 6. The third-order valence-electron chi connectivity index (χ3n) is 18.7. The number of carbonyl (C=O) groups excluding carboxylic acids is 1. The minimum absolute atomic E-state index is 0.194. The van der Waals surface area contributed by atoms with Crippen LogP contribution in [-0.2, 0) is 33.2 Å². The van der Waals surface area contributed by atoms with Crippen molar-refractivity contribution in [2.24, 2.45) is 0 Å². The van der Waals surface area contributed by atoms with E-state index in [4.69, 9.17) is 28.4 Å². The highest BCUT2D eigenvalue weighted by molar-refractivity contribution is 5.76. The topological polar surface area (TPSA) is 307 Å². The Kier molecular flexibility index (Phi) is 58.4. The molecule has 1 amide bonds. The van der Waals surface area contributed by atoms with Crippen LogP contribution in [0.1, 0.15) is 239 Å². The van der Waals surface area contributed by atoms with Gasteiger partial charge in [0.2, 0.25) is 5.91 Å². The molecule has 19 nitrogen and oxygen atoms in total. The third-order valence-corrected chi connectivity index (χ3v) is 18.7. The zero-order valence-electron chi connectivity index (χ0n) is 64.3. The van der Waals surface area contributed by atoms with Crippen LogP contribution in [0.5, 0.6) is 0 Å². The van der Waals surface area contributed by atoms with Gasteiger partial charge in [0.15, 0.2) is 18.9 Å². The monoisotopic (exact) mass is 1490 g/mol. The van der Waals surface area contributed by atoms with Crippen LogP contribution >= 0.6 is 0 Å². The number of hydrogen-bond acceptors (Lipinski definition) is 18. The molecule has 0 aromatic heterocycles. The molecule has 19 heteroatoms. The van der Waals surface area contributed by atoms with E-state index in [0.717, 1.165) is 122 Å². The predicted molar refractivity (Wildman–Crippen MR) is 424 cm³/mol. The van der Waals surface area contributed by atoms with Crippen LogP contribution in [0.25, 0.3) is 0 Å². The Labute approximate surface area is 637 Å². The fourth-order valence-corrected chi connectivity index (χ4v) is 12.3. The first-order chi connectivity index (χ1) is 51.8. The minimum Gasteiger partial charge on any atom is -0.394 e. The van der Waals surface area contributed by atoms with Crippen molar-refractivity contribution in [2.45, 2.75) is 343 Å². The largest absolute Gasteiger partial charge is 0.394 e. The van der Waals surface area contributed by atoms with Gasteiger partial charge >= 0.3 is 0 Å². The summed E-state index contributed by atoms with van der Waals surface area (Å²) >= 11 is 0. The molecule has 3 fully saturated rings. The molecule has 3 saturated heterocycles. The normalized spacial score (nSPS) is 26.6. The van der Waals surface area contributed by atoms with Gasteiger partial charge in [0.05, 0.1) is 38.6 Å². The van der Waals surface area contributed by atoms with E-state index in [9.17, 15) is 61.0 Å². The molecular weight excluding hydrogens is 1350 g/mol. The van der Waals surface area contributed by atoms with Crippen LogP contribution in [0.15, 0.2) is 170 Å². The Morgan fingerprint density at radius 2 is 0.660 bits per heavy atom. The summed E-state index contributed by atoms with van der Waals surface area (Å²) in [7, 11) is 0. The van der Waals surface area contributed by atoms with Crippen LogP contribution in [0, 0.1) is 0 Å². The first kappa shape index (κ1) is 95.4. The number of nitrogens with one attached hydrogen (secondary N) is 1. The highest BCUT2D eigenvalue weighted by Crippen LogP contribution is 2.33. The molecule has 3 aliphatic heterocycles. The molecule has 0 aromatic rings. The van der Waals surface area contributed by atoms with E-state index < -0.39 is 124 Å². The first-order valence-electron chi connectivity index (χ1n) is 40.4. The van der Waals surface area contributed by atoms with Crippen molar-refractivity contribution in [1.82, 2.24) is 5.32 Å². The van der Waals surface area contributed by atoms with Gasteiger partial charge in [0.1, 0.15) is 73.2 Å². The Bertz CT molecular complexity index is 2580. The molecule has 0 aliphatic carbocycles. The molecule has 0 aromatic carbocycles. The summed E-state index contributed by atoms with van der Waals surface area (Å²) < 4.78 is 34.4. The van der Waals surface area contributed by atoms with Gasteiger partial charge in [-0.05, 0) is 122 Å². The fraction of sp³-hybridized carbons (Fsp3) is 0.667. The second-order valence-corrected chi connectivity index (χ2v) is 27.8. The lowest BCUT2D eigenvalue weighted by atomic mass is 9.96. The first-order valence-corrected chi connectivity index (χ1v) is 40.4. The lowest BCUT2D eigenvalue weighted by molar-refractivity contribution is -0.379. The van der Waals surface area contributed by atoms with Gasteiger partial charge in [-0.15, -0.1) is 0 Å². The minimum atomic E-state index is -1.99. The molecule has 3 heterocycles. The van der Waals surface area contributed by atoms with Crippen LogP contribution < -0.4 is 5.32 Å². The van der Waals surface area contributed by atoms with Crippen LogP contribution in [0.4, 0.5) is 0 Å². The molecular formula is C87H141NO18. The van der Waals surface area contributed by atoms with Gasteiger partial charge in [0.25, 0.3) is 0 Å². The van der Waals surface area contributed by atoms with Gasteiger partial charge in [-0.3, -0.25) is 4.79 Å². The quantitative estimate of drug-likeness (QED) is 0.0199. The van der Waals surface area contributed by atoms with Gasteiger partial charge in [0, 0.05) is 6.42 Å². The number of rotatable bonds is 61. The van der Waals surface area contributed by atoms with Crippen LogP contribution in [0.3, 0.4) is 0 Å². The number of amides is 1. The zero-order chi connectivity index (χ0) is 76.7. The maximum Gasteiger partial charge on any atom is 0.220 e. The molecule has 602 valence electrons. The average Bonchev–Trinajstić information content (AvgIpc) is 0.780.